The molecular formula is C24H35N3O4. The molecule has 0 aliphatic heterocycles. The van der Waals surface area contributed by atoms with E-state index in [1.165, 1.54) is 14.2 Å². The first-order valence-electron chi connectivity index (χ1n) is 10.4. The van der Waals surface area contributed by atoms with Gasteiger partial charge in [0.05, 0.1) is 20.8 Å². The van der Waals surface area contributed by atoms with Crippen LogP contribution in [0.3, 0.4) is 0 Å². The van der Waals surface area contributed by atoms with Gasteiger partial charge in [-0.25, -0.2) is 9.78 Å². The summed E-state index contributed by atoms with van der Waals surface area (Å²) in [4.78, 5) is 26.6. The Labute approximate surface area is 185 Å². The smallest absolute Gasteiger partial charge is 0.323 e. The zero-order valence-electron chi connectivity index (χ0n) is 19.4. The highest BCUT2D eigenvalue weighted by atomic mass is 17.2. The second-order valence-electron chi connectivity index (χ2n) is 7.92. The summed E-state index contributed by atoms with van der Waals surface area (Å²) in [6.45, 7) is 0.305. The fourth-order valence-electron chi connectivity index (χ4n) is 3.33. The van der Waals surface area contributed by atoms with Crippen LogP contribution >= 0.6 is 0 Å². The van der Waals surface area contributed by atoms with E-state index in [1.54, 1.807) is 0 Å². The maximum Gasteiger partial charge on any atom is 0.323 e. The lowest BCUT2D eigenvalue weighted by Crippen LogP contribution is -2.48. The van der Waals surface area contributed by atoms with Gasteiger partial charge in [-0.2, -0.15) is 0 Å². The number of nitrogens with zero attached hydrogens (tertiary/aromatic N) is 2. The molecule has 7 heteroatoms. The van der Waals surface area contributed by atoms with Gasteiger partial charge in [0.25, 0.3) is 0 Å². The molecule has 1 N–H and O–H groups in total. The number of carbonyl (C=O) groups is 1. The van der Waals surface area contributed by atoms with Crippen LogP contribution in [0.25, 0.3) is 0 Å². The highest BCUT2D eigenvalue weighted by Gasteiger charge is 2.24. The summed E-state index contributed by atoms with van der Waals surface area (Å²) in [5.74, 6) is -0.304. The molecule has 2 rings (SSSR count). The van der Waals surface area contributed by atoms with Crippen LogP contribution in [-0.2, 0) is 32.1 Å². The first-order chi connectivity index (χ1) is 14.8. The molecule has 2 atom stereocenters. The maximum atomic E-state index is 12.5. The van der Waals surface area contributed by atoms with Crippen molar-refractivity contribution in [2.45, 2.75) is 24.9 Å². The van der Waals surface area contributed by atoms with Crippen LogP contribution in [0.5, 0.6) is 0 Å². The van der Waals surface area contributed by atoms with Crippen LogP contribution < -0.4 is 15.1 Å². The van der Waals surface area contributed by atoms with Crippen molar-refractivity contribution in [1.82, 2.24) is 5.32 Å². The van der Waals surface area contributed by atoms with E-state index in [4.69, 9.17) is 14.5 Å². The van der Waals surface area contributed by atoms with Crippen molar-refractivity contribution in [1.29, 1.82) is 0 Å². The molecule has 2 aromatic rings. The minimum absolute atomic E-state index is 0.129. The summed E-state index contributed by atoms with van der Waals surface area (Å²) in [6, 6.07) is 15.9. The largest absolute Gasteiger partial charge is 0.468 e. The van der Waals surface area contributed by atoms with Gasteiger partial charge in [-0.3, -0.25) is 10.1 Å². The van der Waals surface area contributed by atoms with E-state index < -0.39 is 6.04 Å². The fraction of sp³-hybridized carbons (Fsp3) is 0.458. The molecule has 31 heavy (non-hydrogen) atoms. The van der Waals surface area contributed by atoms with Gasteiger partial charge >= 0.3 is 5.97 Å². The van der Waals surface area contributed by atoms with Crippen LogP contribution in [0, 0.1) is 0 Å². The predicted molar refractivity (Wildman–Crippen MR) is 125 cm³/mol. The number of rotatable bonds is 12. The highest BCUT2D eigenvalue weighted by molar-refractivity contribution is 5.76. The zero-order valence-corrected chi connectivity index (χ0v) is 19.4. The quantitative estimate of drug-likeness (QED) is 0.316. The van der Waals surface area contributed by atoms with Crippen molar-refractivity contribution in [3.63, 3.8) is 0 Å². The molecule has 2 unspecified atom stereocenters. The number of methoxy groups -OCH3 is 1. The van der Waals surface area contributed by atoms with Crippen molar-refractivity contribution < 1.29 is 19.3 Å². The molecule has 0 aliphatic carbocycles. The molecule has 0 fully saturated rings. The first kappa shape index (κ1) is 24.7. The molecule has 0 amide bonds. The normalized spacial score (nSPS) is 12.8. The summed E-state index contributed by atoms with van der Waals surface area (Å²) in [5.41, 5.74) is 4.44. The van der Waals surface area contributed by atoms with Gasteiger partial charge in [0.2, 0.25) is 0 Å². The lowest BCUT2D eigenvalue weighted by molar-refractivity contribution is -0.276. The van der Waals surface area contributed by atoms with Crippen molar-refractivity contribution in [2.75, 3.05) is 58.8 Å². The maximum absolute atomic E-state index is 12.5. The number of esters is 1. The van der Waals surface area contributed by atoms with E-state index in [9.17, 15) is 4.79 Å². The number of hydrogen-bond donors (Lipinski definition) is 1. The Hall–Kier alpha value is -2.61. The van der Waals surface area contributed by atoms with Gasteiger partial charge < -0.3 is 14.5 Å². The van der Waals surface area contributed by atoms with Crippen molar-refractivity contribution in [3.8, 4) is 0 Å². The Kier molecular flexibility index (Phi) is 9.78. The molecular weight excluding hydrogens is 394 g/mol. The zero-order chi connectivity index (χ0) is 22.8. The summed E-state index contributed by atoms with van der Waals surface area (Å²) < 4.78 is 5.06. The number of benzene rings is 2. The molecule has 0 saturated carbocycles. The fourth-order valence-corrected chi connectivity index (χ4v) is 3.33. The molecule has 0 bridgehead atoms. The minimum atomic E-state index is -0.498. The summed E-state index contributed by atoms with van der Waals surface area (Å²) in [6.07, 6.45) is 1.20. The van der Waals surface area contributed by atoms with Gasteiger partial charge in [-0.1, -0.05) is 24.3 Å². The monoisotopic (exact) mass is 429 g/mol. The van der Waals surface area contributed by atoms with Gasteiger partial charge in [-0.05, 0) is 48.2 Å². The Morgan fingerprint density at radius 2 is 1.32 bits per heavy atom. The van der Waals surface area contributed by atoms with Gasteiger partial charge in [-0.15, -0.1) is 0 Å². The topological polar surface area (TPSA) is 63.3 Å². The Morgan fingerprint density at radius 3 is 1.74 bits per heavy atom. The number of nitrogens with one attached hydrogen (secondary N) is 1. The van der Waals surface area contributed by atoms with Crippen molar-refractivity contribution in [2.24, 2.45) is 0 Å². The van der Waals surface area contributed by atoms with Crippen molar-refractivity contribution in [3.05, 3.63) is 59.7 Å². The van der Waals surface area contributed by atoms with Crippen molar-refractivity contribution >= 4 is 17.3 Å². The molecule has 0 saturated heterocycles. The SMILES string of the molecule is COOCC(Cc1ccc(N(C)C)cc1)NC(Cc1ccc(N(C)C)cc1)C(=O)OC. The third-order valence-corrected chi connectivity index (χ3v) is 5.14. The summed E-state index contributed by atoms with van der Waals surface area (Å²) in [7, 11) is 10.9. The lowest BCUT2D eigenvalue weighted by atomic mass is 10.0. The lowest BCUT2D eigenvalue weighted by Gasteiger charge is -2.24. The molecule has 0 radical (unpaired) electrons. The van der Waals surface area contributed by atoms with E-state index in [1.807, 2.05) is 57.4 Å². The molecule has 0 aromatic heterocycles. The second kappa shape index (κ2) is 12.3. The number of carbonyl (C=O) groups excluding carboxylic acids is 1. The average molecular weight is 430 g/mol. The van der Waals surface area contributed by atoms with Crippen LogP contribution in [0.4, 0.5) is 11.4 Å². The summed E-state index contributed by atoms with van der Waals surface area (Å²) in [5, 5.41) is 3.41. The second-order valence-corrected chi connectivity index (χ2v) is 7.92. The Balaban J connectivity index is 2.13. The third-order valence-electron chi connectivity index (χ3n) is 5.14. The van der Waals surface area contributed by atoms with E-state index in [-0.39, 0.29) is 12.0 Å². The molecule has 0 spiro atoms. The van der Waals surface area contributed by atoms with E-state index in [0.29, 0.717) is 19.4 Å². The Morgan fingerprint density at radius 1 is 0.839 bits per heavy atom. The minimum Gasteiger partial charge on any atom is -0.468 e. The van der Waals surface area contributed by atoms with E-state index in [2.05, 4.69) is 34.5 Å². The first-order valence-corrected chi connectivity index (χ1v) is 10.4. The predicted octanol–water partition coefficient (Wildman–Crippen LogP) is 2.68. The molecule has 7 nitrogen and oxygen atoms in total. The van der Waals surface area contributed by atoms with Gasteiger partial charge in [0.1, 0.15) is 6.04 Å². The number of ether oxygens (including phenoxy) is 1. The average Bonchev–Trinajstić information content (AvgIpc) is 2.77. The third kappa shape index (κ3) is 7.86. The number of anilines is 2. The molecule has 0 aliphatic rings. The van der Waals surface area contributed by atoms with Gasteiger partial charge in [0, 0.05) is 45.6 Å². The summed E-state index contributed by atoms with van der Waals surface area (Å²) >= 11 is 0. The van der Waals surface area contributed by atoms with Crippen LogP contribution in [0.1, 0.15) is 11.1 Å². The van der Waals surface area contributed by atoms with Crippen LogP contribution in [0.15, 0.2) is 48.5 Å². The number of hydrogen-bond acceptors (Lipinski definition) is 7. The standard InChI is InChI=1S/C24H35N3O4/c1-26(2)21-11-7-18(8-12-21)15-20(17-31-30-6)25-23(24(28)29-5)16-19-9-13-22(14-10-19)27(3)4/h7-14,20,23,25H,15-17H2,1-6H3. The molecule has 0 heterocycles. The highest BCUT2D eigenvalue weighted by Crippen LogP contribution is 2.16. The van der Waals surface area contributed by atoms with Gasteiger partial charge in [0.15, 0.2) is 0 Å². The Bertz CT molecular complexity index is 791. The van der Waals surface area contributed by atoms with Crippen LogP contribution in [0.2, 0.25) is 0 Å². The van der Waals surface area contributed by atoms with E-state index >= 15 is 0 Å². The molecule has 170 valence electrons. The van der Waals surface area contributed by atoms with E-state index in [0.717, 1.165) is 22.5 Å². The molecule has 2 aromatic carbocycles. The van der Waals surface area contributed by atoms with Crippen LogP contribution in [-0.4, -0.2) is 67.1 Å².